The highest BCUT2D eigenvalue weighted by atomic mass is 16.4. The van der Waals surface area contributed by atoms with Crippen molar-refractivity contribution in [3.05, 3.63) is 29.5 Å². The summed E-state index contributed by atoms with van der Waals surface area (Å²) in [4.78, 5) is 22.1. The zero-order chi connectivity index (χ0) is 12.4. The Hall–Kier alpha value is -2.64. The van der Waals surface area contributed by atoms with Gasteiger partial charge in [0.1, 0.15) is 6.26 Å². The highest BCUT2D eigenvalue weighted by molar-refractivity contribution is 6.02. The zero-order valence-electron chi connectivity index (χ0n) is 8.63. The van der Waals surface area contributed by atoms with Crippen LogP contribution in [0.2, 0.25) is 0 Å². The van der Waals surface area contributed by atoms with Crippen LogP contribution in [0.4, 0.5) is 6.01 Å². The number of carbonyl (C=O) groups excluding carboxylic acids is 1. The molecule has 0 fully saturated rings. The van der Waals surface area contributed by atoms with Crippen LogP contribution < -0.4 is 5.32 Å². The van der Waals surface area contributed by atoms with Crippen molar-refractivity contribution in [1.82, 2.24) is 10.2 Å². The molecule has 0 aliphatic heterocycles. The van der Waals surface area contributed by atoms with Crippen molar-refractivity contribution in [2.75, 3.05) is 5.32 Å². The monoisotopic (exact) mass is 237 g/mol. The van der Waals surface area contributed by atoms with Crippen molar-refractivity contribution in [3.8, 4) is 0 Å². The molecule has 2 rings (SSSR count). The average Bonchev–Trinajstić information content (AvgIpc) is 2.86. The molecule has 0 saturated heterocycles. The molecule has 1 amide bonds. The average molecular weight is 237 g/mol. The molecule has 0 unspecified atom stereocenters. The normalized spacial score (nSPS) is 10.2. The standard InChI is InChI=1S/C9H7N3O5/c1-4-11-12-9(17-4)10-7(13)6-2-5(3-16-6)8(14)15/h2-3H,1H3,(H,14,15)(H,10,12,13). The van der Waals surface area contributed by atoms with E-state index in [0.717, 1.165) is 12.3 Å². The Morgan fingerprint density at radius 3 is 2.71 bits per heavy atom. The maximum Gasteiger partial charge on any atom is 0.338 e. The molecule has 0 aliphatic rings. The minimum Gasteiger partial charge on any atom is -0.478 e. The second kappa shape index (κ2) is 4.08. The molecule has 2 aromatic heterocycles. The molecule has 2 heterocycles. The third-order valence-corrected chi connectivity index (χ3v) is 1.82. The van der Waals surface area contributed by atoms with Crippen LogP contribution in [-0.2, 0) is 0 Å². The van der Waals surface area contributed by atoms with Crippen molar-refractivity contribution < 1.29 is 23.5 Å². The van der Waals surface area contributed by atoms with Gasteiger partial charge in [-0.15, -0.1) is 5.10 Å². The minimum atomic E-state index is -1.18. The van der Waals surface area contributed by atoms with Crippen LogP contribution in [0.5, 0.6) is 0 Å². The van der Waals surface area contributed by atoms with Gasteiger partial charge in [-0.25, -0.2) is 4.79 Å². The first kappa shape index (κ1) is 10.9. The molecule has 2 aromatic rings. The second-order valence-electron chi connectivity index (χ2n) is 3.09. The second-order valence-corrected chi connectivity index (χ2v) is 3.09. The Balaban J connectivity index is 2.11. The van der Waals surface area contributed by atoms with E-state index in [1.54, 1.807) is 6.92 Å². The number of furan rings is 1. The Kier molecular flexibility index (Phi) is 2.61. The van der Waals surface area contributed by atoms with Gasteiger partial charge in [-0.3, -0.25) is 10.1 Å². The molecule has 88 valence electrons. The number of carboxylic acids is 1. The Morgan fingerprint density at radius 2 is 2.18 bits per heavy atom. The maximum absolute atomic E-state index is 11.5. The molecule has 0 atom stereocenters. The number of rotatable bonds is 3. The van der Waals surface area contributed by atoms with Gasteiger partial charge >= 0.3 is 12.0 Å². The molecular formula is C9H7N3O5. The summed E-state index contributed by atoms with van der Waals surface area (Å²) >= 11 is 0. The lowest BCUT2D eigenvalue weighted by Gasteiger charge is -1.94. The first-order chi connectivity index (χ1) is 8.06. The smallest absolute Gasteiger partial charge is 0.338 e. The van der Waals surface area contributed by atoms with Gasteiger partial charge in [0.25, 0.3) is 5.91 Å². The lowest BCUT2D eigenvalue weighted by Crippen LogP contribution is -2.11. The van der Waals surface area contributed by atoms with E-state index in [0.29, 0.717) is 5.89 Å². The first-order valence-electron chi connectivity index (χ1n) is 4.49. The lowest BCUT2D eigenvalue weighted by molar-refractivity contribution is 0.0696. The van der Waals surface area contributed by atoms with E-state index in [1.165, 1.54) is 0 Å². The van der Waals surface area contributed by atoms with E-state index in [2.05, 4.69) is 15.5 Å². The molecule has 8 heteroatoms. The largest absolute Gasteiger partial charge is 0.478 e. The third-order valence-electron chi connectivity index (χ3n) is 1.82. The van der Waals surface area contributed by atoms with Gasteiger partial charge in [-0.05, 0) is 0 Å². The van der Waals surface area contributed by atoms with Gasteiger partial charge in [0.15, 0.2) is 5.76 Å². The summed E-state index contributed by atoms with van der Waals surface area (Å²) in [7, 11) is 0. The predicted molar refractivity (Wildman–Crippen MR) is 52.7 cm³/mol. The molecule has 0 aliphatic carbocycles. The van der Waals surface area contributed by atoms with E-state index in [1.807, 2.05) is 0 Å². The summed E-state index contributed by atoms with van der Waals surface area (Å²) in [5.74, 6) is -1.70. The summed E-state index contributed by atoms with van der Waals surface area (Å²) in [6.45, 7) is 1.57. The van der Waals surface area contributed by atoms with Crippen LogP contribution >= 0.6 is 0 Å². The molecule has 0 spiro atoms. The molecule has 17 heavy (non-hydrogen) atoms. The number of hydrogen-bond donors (Lipinski definition) is 2. The predicted octanol–water partition coefficient (Wildman–Crippen LogP) is 0.922. The van der Waals surface area contributed by atoms with Crippen molar-refractivity contribution >= 4 is 17.9 Å². The summed E-state index contributed by atoms with van der Waals surface area (Å²) in [6, 6.07) is 1.02. The highest BCUT2D eigenvalue weighted by Gasteiger charge is 2.16. The summed E-state index contributed by atoms with van der Waals surface area (Å²) in [5, 5.41) is 18.0. The van der Waals surface area contributed by atoms with Gasteiger partial charge in [0.2, 0.25) is 5.89 Å². The van der Waals surface area contributed by atoms with Crippen LogP contribution in [0.25, 0.3) is 0 Å². The van der Waals surface area contributed by atoms with Crippen molar-refractivity contribution in [1.29, 1.82) is 0 Å². The number of hydrogen-bond acceptors (Lipinski definition) is 6. The number of carboxylic acid groups (broad SMARTS) is 1. The minimum absolute atomic E-state index is 0.0826. The van der Waals surface area contributed by atoms with Crippen LogP contribution in [0.15, 0.2) is 21.2 Å². The third kappa shape index (κ3) is 2.30. The number of nitrogens with zero attached hydrogens (tertiary/aromatic N) is 2. The zero-order valence-corrected chi connectivity index (χ0v) is 8.63. The SMILES string of the molecule is Cc1nnc(NC(=O)c2cc(C(=O)O)co2)o1. The topological polar surface area (TPSA) is 118 Å². The van der Waals surface area contributed by atoms with Crippen molar-refractivity contribution in [2.24, 2.45) is 0 Å². The molecule has 2 N–H and O–H groups in total. The fourth-order valence-corrected chi connectivity index (χ4v) is 1.07. The fourth-order valence-electron chi connectivity index (χ4n) is 1.07. The van der Waals surface area contributed by atoms with Crippen LogP contribution in [0, 0.1) is 6.92 Å². The van der Waals surface area contributed by atoms with Gasteiger partial charge in [0, 0.05) is 13.0 Å². The molecule has 0 saturated carbocycles. The van der Waals surface area contributed by atoms with Gasteiger partial charge < -0.3 is 13.9 Å². The number of carbonyl (C=O) groups is 2. The number of aromatic nitrogens is 2. The maximum atomic E-state index is 11.5. The van der Waals surface area contributed by atoms with E-state index in [4.69, 9.17) is 13.9 Å². The molecule has 8 nitrogen and oxygen atoms in total. The van der Waals surface area contributed by atoms with Crippen molar-refractivity contribution in [3.63, 3.8) is 0 Å². The molecule has 0 aromatic carbocycles. The summed E-state index contributed by atoms with van der Waals surface area (Å²) in [5.41, 5.74) is -0.114. The number of aryl methyl sites for hydroxylation is 1. The first-order valence-corrected chi connectivity index (χ1v) is 4.49. The summed E-state index contributed by atoms with van der Waals surface area (Å²) < 4.78 is 9.70. The molecular weight excluding hydrogens is 230 g/mol. The van der Waals surface area contributed by atoms with Crippen LogP contribution in [-0.4, -0.2) is 27.2 Å². The highest BCUT2D eigenvalue weighted by Crippen LogP contribution is 2.11. The van der Waals surface area contributed by atoms with Crippen molar-refractivity contribution in [2.45, 2.75) is 6.92 Å². The van der Waals surface area contributed by atoms with E-state index in [-0.39, 0.29) is 17.3 Å². The van der Waals surface area contributed by atoms with E-state index in [9.17, 15) is 9.59 Å². The van der Waals surface area contributed by atoms with Crippen LogP contribution in [0.1, 0.15) is 26.8 Å². The van der Waals surface area contributed by atoms with Gasteiger partial charge in [-0.2, -0.15) is 0 Å². The van der Waals surface area contributed by atoms with E-state index < -0.39 is 11.9 Å². The Labute approximate surface area is 94.2 Å². The Bertz CT molecular complexity index is 571. The molecule has 0 bridgehead atoms. The van der Waals surface area contributed by atoms with Crippen LogP contribution in [0.3, 0.4) is 0 Å². The lowest BCUT2D eigenvalue weighted by atomic mass is 10.3. The fraction of sp³-hybridized carbons (Fsp3) is 0.111. The number of aromatic carboxylic acids is 1. The quantitative estimate of drug-likeness (QED) is 0.814. The van der Waals surface area contributed by atoms with Gasteiger partial charge in [-0.1, -0.05) is 5.10 Å². The van der Waals surface area contributed by atoms with E-state index >= 15 is 0 Å². The molecule has 0 radical (unpaired) electrons. The number of nitrogens with one attached hydrogen (secondary N) is 1. The number of anilines is 1. The summed E-state index contributed by atoms with van der Waals surface area (Å²) in [6.07, 6.45) is 0.969. The Morgan fingerprint density at radius 1 is 1.41 bits per heavy atom. The van der Waals surface area contributed by atoms with Gasteiger partial charge in [0.05, 0.1) is 5.56 Å². The number of amides is 1.